The minimum atomic E-state index is -2.97. The van der Waals surface area contributed by atoms with Gasteiger partial charge < -0.3 is 0 Å². The van der Waals surface area contributed by atoms with Gasteiger partial charge in [-0.25, -0.2) is 16.8 Å². The van der Waals surface area contributed by atoms with Crippen molar-refractivity contribution in [3.8, 4) is 0 Å². The molecule has 0 aromatic heterocycles. The summed E-state index contributed by atoms with van der Waals surface area (Å²) in [6.45, 7) is 0. The topological polar surface area (TPSA) is 92.3 Å². The van der Waals surface area contributed by atoms with Crippen molar-refractivity contribution in [1.82, 2.24) is 8.25 Å². The highest BCUT2D eigenvalue weighted by atomic mass is 32.3. The van der Waals surface area contributed by atoms with Crippen molar-refractivity contribution in [3.05, 3.63) is 24.3 Å². The van der Waals surface area contributed by atoms with Crippen molar-refractivity contribution in [2.45, 2.75) is 9.79 Å². The second-order valence-corrected chi connectivity index (χ2v) is 6.87. The molecule has 0 saturated heterocycles. The van der Waals surface area contributed by atoms with Crippen LogP contribution in [0.1, 0.15) is 0 Å². The molecule has 0 aliphatic carbocycles. The van der Waals surface area contributed by atoms with Gasteiger partial charge in [-0.15, -0.1) is 16.0 Å². The Balaban J connectivity index is 2.92. The first-order valence-corrected chi connectivity index (χ1v) is 8.42. The van der Waals surface area contributed by atoms with Gasteiger partial charge in [-0.2, -0.15) is 0 Å². The molecule has 0 bridgehead atoms. The Labute approximate surface area is 111 Å². The molecule has 0 heterocycles. The smallest absolute Gasteiger partial charge is 0.237 e. The average molecular weight is 336 g/mol. The molecule has 6 nitrogen and oxygen atoms in total. The average Bonchev–Trinajstić information content (AvgIpc) is 2.27. The second-order valence-electron chi connectivity index (χ2n) is 2.63. The van der Waals surface area contributed by atoms with Crippen LogP contribution in [0.2, 0.25) is 0 Å². The molecule has 0 fully saturated rings. The van der Waals surface area contributed by atoms with Crippen LogP contribution in [0.3, 0.4) is 0 Å². The molecule has 0 radical (unpaired) electrons. The molecule has 0 aliphatic rings. The molecule has 2 N–H and O–H groups in total. The third kappa shape index (κ3) is 5.07. The van der Waals surface area contributed by atoms with E-state index in [1.54, 1.807) is 8.25 Å². The van der Waals surface area contributed by atoms with E-state index < -0.39 is 44.7 Å². The molecule has 12 heteroatoms. The minimum Gasteiger partial charge on any atom is -0.237 e. The summed E-state index contributed by atoms with van der Waals surface area (Å²) < 4.78 is 70.4. The van der Waals surface area contributed by atoms with E-state index in [1.807, 2.05) is 0 Å². The Bertz CT molecular complexity index is 497. The first-order chi connectivity index (χ1) is 8.40. The number of rotatable bonds is 6. The number of benzene rings is 1. The predicted octanol–water partition coefficient (Wildman–Crippen LogP) is 0.00740. The van der Waals surface area contributed by atoms with Crippen LogP contribution in [-0.4, -0.2) is 16.8 Å². The van der Waals surface area contributed by atoms with Crippen LogP contribution in [0.25, 0.3) is 0 Å². The lowest BCUT2D eigenvalue weighted by atomic mass is 10.4. The van der Waals surface area contributed by atoms with Gasteiger partial charge >= 0.3 is 0 Å². The van der Waals surface area contributed by atoms with Crippen LogP contribution in [0.4, 0.5) is 7.77 Å². The van der Waals surface area contributed by atoms with Crippen LogP contribution >= 0.6 is 0 Å². The van der Waals surface area contributed by atoms with Crippen LogP contribution in [0.15, 0.2) is 34.1 Å². The number of hydrogen-bond acceptors (Lipinski definition) is 4. The maximum atomic E-state index is 12.1. The van der Waals surface area contributed by atoms with Crippen LogP contribution in [0.5, 0.6) is 0 Å². The standard InChI is InChI=1S/C6H6F2N2O4S4/c7-17(13)9-15(11)5-2-1-3-6(4-5)16(12)10-18(8)14/h1-4,9-10H. The highest BCUT2D eigenvalue weighted by molar-refractivity contribution is 7.97. The molecule has 1 aromatic carbocycles. The summed E-state index contributed by atoms with van der Waals surface area (Å²) in [6, 6.07) is 5.02. The molecular weight excluding hydrogens is 330 g/mol. The minimum absolute atomic E-state index is 0.0155. The van der Waals surface area contributed by atoms with E-state index in [4.69, 9.17) is 0 Å². The van der Waals surface area contributed by atoms with Crippen molar-refractivity contribution >= 4 is 44.7 Å². The molecular formula is C6H6F2N2O4S4. The van der Waals surface area contributed by atoms with Gasteiger partial charge in [-0.3, -0.25) is 0 Å². The SMILES string of the molecule is O=S(F)NS(=O)c1cccc(S(=O)NS(=O)F)c1. The molecule has 0 saturated carbocycles. The molecule has 0 aliphatic heterocycles. The quantitative estimate of drug-likeness (QED) is 0.716. The van der Waals surface area contributed by atoms with Crippen molar-refractivity contribution in [1.29, 1.82) is 0 Å². The highest BCUT2D eigenvalue weighted by Gasteiger charge is 2.11. The van der Waals surface area contributed by atoms with Crippen molar-refractivity contribution in [3.63, 3.8) is 0 Å². The fraction of sp³-hybridized carbons (Fsp3) is 0. The fourth-order valence-corrected chi connectivity index (χ4v) is 3.59. The van der Waals surface area contributed by atoms with Crippen molar-refractivity contribution < 1.29 is 24.6 Å². The van der Waals surface area contributed by atoms with E-state index in [1.165, 1.54) is 18.2 Å². The molecule has 0 amide bonds. The van der Waals surface area contributed by atoms with Gasteiger partial charge in [0.05, 0.1) is 9.79 Å². The number of halogens is 2. The monoisotopic (exact) mass is 336 g/mol. The first-order valence-electron chi connectivity index (χ1n) is 4.02. The van der Waals surface area contributed by atoms with Crippen LogP contribution in [-0.2, 0) is 44.7 Å². The van der Waals surface area contributed by atoms with E-state index in [0.29, 0.717) is 0 Å². The van der Waals surface area contributed by atoms with Gasteiger partial charge in [0.25, 0.3) is 22.7 Å². The van der Waals surface area contributed by atoms with E-state index in [2.05, 4.69) is 0 Å². The van der Waals surface area contributed by atoms with Gasteiger partial charge in [-0.1, -0.05) is 6.07 Å². The second kappa shape index (κ2) is 7.25. The third-order valence-corrected chi connectivity index (χ3v) is 5.14. The maximum Gasteiger partial charge on any atom is 0.286 e. The van der Waals surface area contributed by atoms with E-state index >= 15 is 0 Å². The Kier molecular flexibility index (Phi) is 6.31. The lowest BCUT2D eigenvalue weighted by Gasteiger charge is -2.03. The third-order valence-electron chi connectivity index (χ3n) is 1.52. The Morgan fingerprint density at radius 2 is 1.22 bits per heavy atom. The predicted molar refractivity (Wildman–Crippen MR) is 64.0 cm³/mol. The zero-order valence-electron chi connectivity index (χ0n) is 8.33. The molecule has 1 rings (SSSR count). The summed E-state index contributed by atoms with van der Waals surface area (Å²) in [7, 11) is -4.22. The van der Waals surface area contributed by atoms with E-state index in [-0.39, 0.29) is 9.79 Å². The summed E-state index contributed by atoms with van der Waals surface area (Å²) in [5, 5.41) is 0. The molecule has 102 valence electrons. The zero-order valence-corrected chi connectivity index (χ0v) is 11.6. The van der Waals surface area contributed by atoms with Gasteiger partial charge in [0.2, 0.25) is 0 Å². The van der Waals surface area contributed by atoms with Crippen molar-refractivity contribution in [2.75, 3.05) is 0 Å². The molecule has 4 unspecified atom stereocenters. The lowest BCUT2D eigenvalue weighted by Crippen LogP contribution is -2.18. The lowest BCUT2D eigenvalue weighted by molar-refractivity contribution is 0.641. The fourth-order valence-electron chi connectivity index (χ4n) is 0.920. The summed E-state index contributed by atoms with van der Waals surface area (Å²) in [4.78, 5) is -0.0309. The Hall–Kier alpha value is -0.400. The van der Waals surface area contributed by atoms with Gasteiger partial charge in [0.15, 0.2) is 0 Å². The molecule has 4 atom stereocenters. The number of nitrogens with one attached hydrogen (secondary N) is 2. The summed E-state index contributed by atoms with van der Waals surface area (Å²) >= 11 is -5.95. The Morgan fingerprint density at radius 1 is 0.833 bits per heavy atom. The normalized spacial score (nSPS) is 17.9. The summed E-state index contributed by atoms with van der Waals surface area (Å²) in [6.07, 6.45) is 0. The maximum absolute atomic E-state index is 12.1. The molecule has 0 spiro atoms. The Morgan fingerprint density at radius 3 is 1.56 bits per heavy atom. The van der Waals surface area contributed by atoms with Crippen LogP contribution in [0, 0.1) is 0 Å². The highest BCUT2D eigenvalue weighted by Crippen LogP contribution is 2.12. The van der Waals surface area contributed by atoms with E-state index in [0.717, 1.165) is 6.07 Å². The molecule has 1 aromatic rings. The largest absolute Gasteiger partial charge is 0.286 e. The summed E-state index contributed by atoms with van der Waals surface area (Å²) in [5.41, 5.74) is 0. The van der Waals surface area contributed by atoms with Crippen LogP contribution < -0.4 is 8.25 Å². The van der Waals surface area contributed by atoms with Gasteiger partial charge in [-0.05, 0) is 18.2 Å². The van der Waals surface area contributed by atoms with Crippen molar-refractivity contribution in [2.24, 2.45) is 0 Å². The molecule has 18 heavy (non-hydrogen) atoms. The summed E-state index contributed by atoms with van der Waals surface area (Å²) in [5.74, 6) is 0. The van der Waals surface area contributed by atoms with Gasteiger partial charge in [0.1, 0.15) is 22.0 Å². The first kappa shape index (κ1) is 15.7. The van der Waals surface area contributed by atoms with E-state index in [9.17, 15) is 24.6 Å². The van der Waals surface area contributed by atoms with Gasteiger partial charge in [0, 0.05) is 0 Å². The zero-order chi connectivity index (χ0) is 13.7. The number of hydrogen-bond donors (Lipinski definition) is 2.